The van der Waals surface area contributed by atoms with Gasteiger partial charge >= 0.3 is 0 Å². The third-order valence-electron chi connectivity index (χ3n) is 2.77. The van der Waals surface area contributed by atoms with E-state index in [2.05, 4.69) is 17.1 Å². The molecule has 0 spiro atoms. The lowest BCUT2D eigenvalue weighted by Gasteiger charge is -2.09. The molecule has 1 atom stereocenters. The normalized spacial score (nSPS) is 12.4. The third-order valence-corrected chi connectivity index (χ3v) is 3.07. The summed E-state index contributed by atoms with van der Waals surface area (Å²) in [5.41, 5.74) is 0.741. The molecule has 0 aliphatic carbocycles. The molecule has 0 amide bonds. The van der Waals surface area contributed by atoms with Crippen molar-refractivity contribution in [3.05, 3.63) is 40.5 Å². The molecule has 0 saturated heterocycles. The van der Waals surface area contributed by atoms with E-state index in [-0.39, 0.29) is 6.61 Å². The van der Waals surface area contributed by atoms with Crippen LogP contribution < -0.4 is 4.74 Å². The van der Waals surface area contributed by atoms with Gasteiger partial charge in [-0.15, -0.1) is 0 Å². The van der Waals surface area contributed by atoms with Gasteiger partial charge in [0.15, 0.2) is 12.4 Å². The first-order valence-corrected chi connectivity index (χ1v) is 6.89. The number of hydrogen-bond donors (Lipinski definition) is 1. The first-order chi connectivity index (χ1) is 9.60. The van der Waals surface area contributed by atoms with Gasteiger partial charge in [-0.25, -0.2) is 0 Å². The summed E-state index contributed by atoms with van der Waals surface area (Å²) in [4.78, 5) is 4.20. The second-order valence-corrected chi connectivity index (χ2v) is 4.92. The minimum Gasteiger partial charge on any atom is -0.482 e. The smallest absolute Gasteiger partial charge is 0.264 e. The van der Waals surface area contributed by atoms with E-state index in [1.54, 1.807) is 25.1 Å². The maximum atomic E-state index is 9.47. The van der Waals surface area contributed by atoms with Crippen LogP contribution in [0, 0.1) is 0 Å². The Morgan fingerprint density at radius 2 is 2.25 bits per heavy atom. The molecule has 2 rings (SSSR count). The molecule has 0 aliphatic heterocycles. The fourth-order valence-corrected chi connectivity index (χ4v) is 1.95. The Morgan fingerprint density at radius 3 is 2.90 bits per heavy atom. The van der Waals surface area contributed by atoms with E-state index >= 15 is 0 Å². The number of nitrogens with zero attached hydrogens (tertiary/aromatic N) is 2. The lowest BCUT2D eigenvalue weighted by Crippen LogP contribution is -1.98. The molecule has 20 heavy (non-hydrogen) atoms. The molecule has 0 bridgehead atoms. The van der Waals surface area contributed by atoms with Gasteiger partial charge in [0.2, 0.25) is 0 Å². The van der Waals surface area contributed by atoms with E-state index < -0.39 is 6.10 Å². The van der Waals surface area contributed by atoms with Crippen molar-refractivity contribution < 1.29 is 14.4 Å². The summed E-state index contributed by atoms with van der Waals surface area (Å²) in [5, 5.41) is 13.8. The zero-order chi connectivity index (χ0) is 14.5. The van der Waals surface area contributed by atoms with Gasteiger partial charge in [0.25, 0.3) is 5.89 Å². The number of hydrogen-bond acceptors (Lipinski definition) is 5. The van der Waals surface area contributed by atoms with Gasteiger partial charge in [-0.05, 0) is 31.0 Å². The first-order valence-electron chi connectivity index (χ1n) is 6.52. The summed E-state index contributed by atoms with van der Waals surface area (Å²) in [6.45, 7) is 3.90. The van der Waals surface area contributed by atoms with Crippen LogP contribution in [0.2, 0.25) is 5.02 Å². The Balaban J connectivity index is 1.99. The van der Waals surface area contributed by atoms with E-state index in [0.29, 0.717) is 22.5 Å². The number of rotatable bonds is 6. The predicted octanol–water partition coefficient (Wildman–Crippen LogP) is 3.31. The minimum absolute atomic E-state index is 0.171. The summed E-state index contributed by atoms with van der Waals surface area (Å²) < 4.78 is 10.6. The lowest BCUT2D eigenvalue weighted by molar-refractivity contribution is 0.199. The summed E-state index contributed by atoms with van der Waals surface area (Å²) in [6, 6.07) is 5.16. The Labute approximate surface area is 122 Å². The molecule has 0 radical (unpaired) electrons. The van der Waals surface area contributed by atoms with Crippen LogP contribution in [0.3, 0.4) is 0 Å². The van der Waals surface area contributed by atoms with Crippen molar-refractivity contribution in [3.8, 4) is 5.75 Å². The SMILES string of the molecule is CCCc1noc(COc2ccc([C@H](C)O)cc2Cl)n1. The summed E-state index contributed by atoms with van der Waals surface area (Å²) in [5.74, 6) is 1.62. The van der Waals surface area contributed by atoms with Gasteiger partial charge < -0.3 is 14.4 Å². The maximum absolute atomic E-state index is 9.47. The molecule has 0 saturated carbocycles. The number of halogens is 1. The van der Waals surface area contributed by atoms with Gasteiger partial charge in [0, 0.05) is 6.42 Å². The van der Waals surface area contributed by atoms with Gasteiger partial charge in [-0.2, -0.15) is 4.98 Å². The second-order valence-electron chi connectivity index (χ2n) is 4.51. The van der Waals surface area contributed by atoms with Gasteiger partial charge in [0.1, 0.15) is 5.75 Å². The highest BCUT2D eigenvalue weighted by Crippen LogP contribution is 2.28. The fourth-order valence-electron chi connectivity index (χ4n) is 1.71. The highest BCUT2D eigenvalue weighted by atomic mass is 35.5. The van der Waals surface area contributed by atoms with Crippen LogP contribution in [0.15, 0.2) is 22.7 Å². The van der Waals surface area contributed by atoms with E-state index in [9.17, 15) is 5.11 Å². The monoisotopic (exact) mass is 296 g/mol. The maximum Gasteiger partial charge on any atom is 0.264 e. The van der Waals surface area contributed by atoms with Crippen LogP contribution in [0.4, 0.5) is 0 Å². The summed E-state index contributed by atoms with van der Waals surface area (Å²) >= 11 is 6.09. The Hall–Kier alpha value is -1.59. The number of aromatic nitrogens is 2. The Bertz CT molecular complexity index is 569. The van der Waals surface area contributed by atoms with Crippen LogP contribution in [0.25, 0.3) is 0 Å². The van der Waals surface area contributed by atoms with Crippen LogP contribution in [-0.2, 0) is 13.0 Å². The molecule has 1 aromatic carbocycles. The molecule has 1 N–H and O–H groups in total. The molecule has 6 heteroatoms. The molecular formula is C14H17ClN2O3. The highest BCUT2D eigenvalue weighted by Gasteiger charge is 2.10. The zero-order valence-corrected chi connectivity index (χ0v) is 12.2. The fraction of sp³-hybridized carbons (Fsp3) is 0.429. The van der Waals surface area contributed by atoms with Crippen molar-refractivity contribution in [3.63, 3.8) is 0 Å². The number of aliphatic hydroxyl groups is 1. The largest absolute Gasteiger partial charge is 0.482 e. The quantitative estimate of drug-likeness (QED) is 0.885. The van der Waals surface area contributed by atoms with Crippen molar-refractivity contribution in [2.45, 2.75) is 39.4 Å². The van der Waals surface area contributed by atoms with Crippen LogP contribution >= 0.6 is 11.6 Å². The van der Waals surface area contributed by atoms with Gasteiger partial charge in [0.05, 0.1) is 11.1 Å². The van der Waals surface area contributed by atoms with E-state index in [1.807, 2.05) is 0 Å². The number of benzene rings is 1. The van der Waals surface area contributed by atoms with Crippen molar-refractivity contribution >= 4 is 11.6 Å². The summed E-state index contributed by atoms with van der Waals surface area (Å²) in [6.07, 6.45) is 1.19. The summed E-state index contributed by atoms with van der Waals surface area (Å²) in [7, 11) is 0. The molecule has 0 aliphatic rings. The molecule has 2 aromatic rings. The molecular weight excluding hydrogens is 280 g/mol. The average molecular weight is 297 g/mol. The number of aryl methyl sites for hydroxylation is 1. The van der Waals surface area contributed by atoms with E-state index in [1.165, 1.54) is 0 Å². The second kappa shape index (κ2) is 6.72. The Morgan fingerprint density at radius 1 is 1.45 bits per heavy atom. The Kier molecular flexibility index (Phi) is 4.98. The van der Waals surface area contributed by atoms with Crippen molar-refractivity contribution in [2.24, 2.45) is 0 Å². The molecule has 0 fully saturated rings. The average Bonchev–Trinajstić information content (AvgIpc) is 2.85. The van der Waals surface area contributed by atoms with Crippen molar-refractivity contribution in [2.75, 3.05) is 0 Å². The van der Waals surface area contributed by atoms with Gasteiger partial charge in [-0.1, -0.05) is 29.7 Å². The van der Waals surface area contributed by atoms with Crippen LogP contribution in [0.5, 0.6) is 5.75 Å². The third kappa shape index (κ3) is 3.71. The molecule has 0 unspecified atom stereocenters. The number of aliphatic hydroxyl groups excluding tert-OH is 1. The molecule has 1 aromatic heterocycles. The predicted molar refractivity (Wildman–Crippen MR) is 74.7 cm³/mol. The number of ether oxygens (including phenoxy) is 1. The van der Waals surface area contributed by atoms with E-state index in [4.69, 9.17) is 20.9 Å². The van der Waals surface area contributed by atoms with Gasteiger partial charge in [-0.3, -0.25) is 0 Å². The molecule has 108 valence electrons. The van der Waals surface area contributed by atoms with E-state index in [0.717, 1.165) is 18.4 Å². The standard InChI is InChI=1S/C14H17ClN2O3/c1-3-4-13-16-14(20-17-13)8-19-12-6-5-10(9(2)18)7-11(12)15/h5-7,9,18H,3-4,8H2,1-2H3/t9-/m0/s1. The highest BCUT2D eigenvalue weighted by molar-refractivity contribution is 6.32. The van der Waals surface area contributed by atoms with Crippen LogP contribution in [0.1, 0.15) is 43.7 Å². The van der Waals surface area contributed by atoms with Crippen molar-refractivity contribution in [1.29, 1.82) is 0 Å². The molecule has 5 nitrogen and oxygen atoms in total. The van der Waals surface area contributed by atoms with Crippen LogP contribution in [-0.4, -0.2) is 15.2 Å². The minimum atomic E-state index is -0.561. The topological polar surface area (TPSA) is 68.4 Å². The van der Waals surface area contributed by atoms with Crippen molar-refractivity contribution in [1.82, 2.24) is 10.1 Å². The molecule has 1 heterocycles. The first kappa shape index (κ1) is 14.8. The zero-order valence-electron chi connectivity index (χ0n) is 11.5. The lowest BCUT2D eigenvalue weighted by atomic mass is 10.1.